The molecule has 0 bridgehead atoms. The van der Waals surface area contributed by atoms with Gasteiger partial charge < -0.3 is 0 Å². The predicted molar refractivity (Wildman–Crippen MR) is 99.1 cm³/mol. The highest BCUT2D eigenvalue weighted by atomic mass is 32.2. The Balaban J connectivity index is 1.44. The van der Waals surface area contributed by atoms with Gasteiger partial charge in [-0.2, -0.15) is 0 Å². The molecular formula is C19H19N5S. The molecule has 0 aliphatic carbocycles. The molecule has 2 aromatic heterocycles. The second kappa shape index (κ2) is 7.29. The van der Waals surface area contributed by atoms with Gasteiger partial charge in [-0.3, -0.25) is 4.90 Å². The molecule has 0 radical (unpaired) electrons. The maximum atomic E-state index is 4.62. The number of aromatic nitrogens is 4. The van der Waals surface area contributed by atoms with Crippen LogP contribution in [0.2, 0.25) is 0 Å². The van der Waals surface area contributed by atoms with Gasteiger partial charge in [-0.05, 0) is 6.26 Å². The molecule has 0 N–H and O–H groups in total. The van der Waals surface area contributed by atoms with Gasteiger partial charge >= 0.3 is 0 Å². The van der Waals surface area contributed by atoms with Gasteiger partial charge in [-0.25, -0.2) is 19.9 Å². The van der Waals surface area contributed by atoms with Crippen LogP contribution in [0.15, 0.2) is 54.1 Å². The Morgan fingerprint density at radius 2 is 1.84 bits per heavy atom. The van der Waals surface area contributed by atoms with Crippen molar-refractivity contribution in [2.24, 2.45) is 0 Å². The Morgan fingerprint density at radius 3 is 2.60 bits per heavy atom. The number of nitrogens with zero attached hydrogens (tertiary/aromatic N) is 5. The zero-order valence-electron chi connectivity index (χ0n) is 14.1. The summed E-state index contributed by atoms with van der Waals surface area (Å²) in [5.74, 6) is 0.770. The third-order valence-electron chi connectivity index (χ3n) is 4.32. The van der Waals surface area contributed by atoms with Gasteiger partial charge in [0.2, 0.25) is 0 Å². The fourth-order valence-corrected chi connectivity index (χ4v) is 3.38. The number of hydrogen-bond acceptors (Lipinski definition) is 6. The van der Waals surface area contributed by atoms with Crippen molar-refractivity contribution in [2.45, 2.75) is 24.7 Å². The summed E-state index contributed by atoms with van der Waals surface area (Å²) < 4.78 is 0. The van der Waals surface area contributed by atoms with Crippen molar-refractivity contribution < 1.29 is 0 Å². The van der Waals surface area contributed by atoms with Crippen LogP contribution in [0.3, 0.4) is 0 Å². The Bertz CT molecular complexity index is 851. The van der Waals surface area contributed by atoms with Gasteiger partial charge in [0.05, 0.1) is 5.69 Å². The van der Waals surface area contributed by atoms with Crippen molar-refractivity contribution in [3.63, 3.8) is 0 Å². The smallest absolute Gasteiger partial charge is 0.187 e. The number of benzene rings is 1. The molecule has 0 saturated carbocycles. The van der Waals surface area contributed by atoms with E-state index in [1.165, 1.54) is 11.3 Å². The third kappa shape index (κ3) is 3.70. The van der Waals surface area contributed by atoms with Crippen molar-refractivity contribution in [1.82, 2.24) is 24.8 Å². The number of thioether (sulfide) groups is 1. The summed E-state index contributed by atoms with van der Waals surface area (Å²) in [5.41, 5.74) is 4.59. The van der Waals surface area contributed by atoms with Crippen LogP contribution in [0.4, 0.5) is 0 Å². The van der Waals surface area contributed by atoms with E-state index in [0.29, 0.717) is 0 Å². The molecule has 6 heteroatoms. The van der Waals surface area contributed by atoms with Crippen LogP contribution in [0.25, 0.3) is 11.4 Å². The van der Waals surface area contributed by atoms with Gasteiger partial charge in [0, 0.05) is 61.3 Å². The Morgan fingerprint density at radius 1 is 1.04 bits per heavy atom. The van der Waals surface area contributed by atoms with Crippen LogP contribution in [0, 0.1) is 0 Å². The van der Waals surface area contributed by atoms with Crippen LogP contribution >= 0.6 is 11.8 Å². The fraction of sp³-hybridized carbons (Fsp3) is 0.263. The monoisotopic (exact) mass is 349 g/mol. The van der Waals surface area contributed by atoms with Gasteiger partial charge in [-0.1, -0.05) is 42.1 Å². The zero-order valence-corrected chi connectivity index (χ0v) is 14.9. The highest BCUT2D eigenvalue weighted by molar-refractivity contribution is 7.98. The Hall–Kier alpha value is -2.31. The summed E-state index contributed by atoms with van der Waals surface area (Å²) in [6.45, 7) is 2.72. The highest BCUT2D eigenvalue weighted by Gasteiger charge is 2.18. The molecule has 3 heterocycles. The van der Waals surface area contributed by atoms with Crippen LogP contribution in [0.5, 0.6) is 0 Å². The van der Waals surface area contributed by atoms with E-state index in [1.54, 1.807) is 11.8 Å². The Labute approximate surface area is 151 Å². The minimum atomic E-state index is 0.770. The largest absolute Gasteiger partial charge is 0.294 e. The molecule has 0 amide bonds. The molecule has 1 aromatic carbocycles. The summed E-state index contributed by atoms with van der Waals surface area (Å²) in [6.07, 6.45) is 8.80. The lowest BCUT2D eigenvalue weighted by Crippen LogP contribution is -2.31. The third-order valence-corrected chi connectivity index (χ3v) is 4.88. The van der Waals surface area contributed by atoms with Crippen molar-refractivity contribution in [3.05, 3.63) is 65.7 Å². The lowest BCUT2D eigenvalue weighted by atomic mass is 10.1. The molecule has 5 nitrogen and oxygen atoms in total. The molecule has 1 aliphatic heterocycles. The van der Waals surface area contributed by atoms with Gasteiger partial charge in [0.25, 0.3) is 0 Å². The van der Waals surface area contributed by atoms with Crippen molar-refractivity contribution in [1.29, 1.82) is 0 Å². The predicted octanol–water partition coefficient (Wildman–Crippen LogP) is 3.21. The number of fused-ring (bicyclic) bond motifs is 1. The van der Waals surface area contributed by atoms with Crippen LogP contribution in [0.1, 0.15) is 16.8 Å². The summed E-state index contributed by atoms with van der Waals surface area (Å²) in [7, 11) is 0. The molecule has 0 fully saturated rings. The topological polar surface area (TPSA) is 54.8 Å². The second-order valence-corrected chi connectivity index (χ2v) is 6.84. The molecule has 0 unspecified atom stereocenters. The van der Waals surface area contributed by atoms with E-state index in [1.807, 2.05) is 55.2 Å². The van der Waals surface area contributed by atoms with Gasteiger partial charge in [-0.15, -0.1) is 0 Å². The Kier molecular flexibility index (Phi) is 4.72. The van der Waals surface area contributed by atoms with E-state index in [9.17, 15) is 0 Å². The normalized spacial score (nSPS) is 14.3. The van der Waals surface area contributed by atoms with Crippen LogP contribution in [-0.2, 0) is 19.5 Å². The number of hydrogen-bond donors (Lipinski definition) is 0. The van der Waals surface area contributed by atoms with E-state index in [2.05, 4.69) is 24.8 Å². The molecular weight excluding hydrogens is 330 g/mol. The van der Waals surface area contributed by atoms with E-state index in [4.69, 9.17) is 0 Å². The minimum absolute atomic E-state index is 0.770. The molecule has 0 atom stereocenters. The molecule has 25 heavy (non-hydrogen) atoms. The maximum absolute atomic E-state index is 4.62. The first-order chi connectivity index (χ1) is 12.3. The van der Waals surface area contributed by atoms with Crippen molar-refractivity contribution >= 4 is 11.8 Å². The second-order valence-electron chi connectivity index (χ2n) is 6.07. The summed E-state index contributed by atoms with van der Waals surface area (Å²) in [5, 5.41) is 0.858. The highest BCUT2D eigenvalue weighted by Crippen LogP contribution is 2.21. The van der Waals surface area contributed by atoms with Crippen LogP contribution < -0.4 is 0 Å². The zero-order chi connectivity index (χ0) is 17.1. The van der Waals surface area contributed by atoms with Gasteiger partial charge in [0.1, 0.15) is 0 Å². The first-order valence-electron chi connectivity index (χ1n) is 8.29. The average molecular weight is 349 g/mol. The SMILES string of the molecule is CSc1ncc2c(n1)CCN(Cc1cnc(-c3ccccc3)nc1)C2. The van der Waals surface area contributed by atoms with E-state index in [-0.39, 0.29) is 0 Å². The maximum Gasteiger partial charge on any atom is 0.187 e. The first kappa shape index (κ1) is 16.2. The van der Waals surface area contributed by atoms with Gasteiger partial charge in [0.15, 0.2) is 11.0 Å². The molecule has 0 saturated heterocycles. The van der Waals surface area contributed by atoms with Crippen molar-refractivity contribution in [2.75, 3.05) is 12.8 Å². The molecule has 0 spiro atoms. The number of rotatable bonds is 4. The quantitative estimate of drug-likeness (QED) is 0.532. The lowest BCUT2D eigenvalue weighted by Gasteiger charge is -2.27. The first-order valence-corrected chi connectivity index (χ1v) is 9.52. The fourth-order valence-electron chi connectivity index (χ4n) is 3.02. The summed E-state index contributed by atoms with van der Waals surface area (Å²) in [4.78, 5) is 20.4. The summed E-state index contributed by atoms with van der Waals surface area (Å²) >= 11 is 1.59. The minimum Gasteiger partial charge on any atom is -0.294 e. The molecule has 126 valence electrons. The standard InChI is InChI=1S/C19H19N5S/c1-25-19-22-11-16-13-24(8-7-17(16)23-19)12-14-9-20-18(21-10-14)15-5-3-2-4-6-15/h2-6,9-11H,7-8,12-13H2,1H3. The van der Waals surface area contributed by atoms with Crippen LogP contribution in [-0.4, -0.2) is 37.6 Å². The lowest BCUT2D eigenvalue weighted by molar-refractivity contribution is 0.241. The average Bonchev–Trinajstić information content (AvgIpc) is 2.69. The van der Waals surface area contributed by atoms with E-state index >= 15 is 0 Å². The molecule has 4 rings (SSSR count). The summed E-state index contributed by atoms with van der Waals surface area (Å²) in [6, 6.07) is 10.1. The molecule has 3 aromatic rings. The molecule has 1 aliphatic rings. The van der Waals surface area contributed by atoms with Crippen molar-refractivity contribution in [3.8, 4) is 11.4 Å². The van der Waals surface area contributed by atoms with E-state index in [0.717, 1.165) is 48.2 Å². The van der Waals surface area contributed by atoms with E-state index < -0.39 is 0 Å².